The van der Waals surface area contributed by atoms with Gasteiger partial charge in [-0.15, -0.1) is 0 Å². The zero-order valence-electron chi connectivity index (χ0n) is 7.23. The molecule has 0 spiro atoms. The highest BCUT2D eigenvalue weighted by atomic mass is 32.2. The Labute approximate surface area is 73.4 Å². The molecule has 3 N–H and O–H groups in total. The van der Waals surface area contributed by atoms with Crippen LogP contribution in [0.4, 0.5) is 0 Å². The van der Waals surface area contributed by atoms with Crippen LogP contribution in [0.25, 0.3) is 0 Å². The number of thioether (sulfide) groups is 1. The van der Waals surface area contributed by atoms with Gasteiger partial charge in [0.1, 0.15) is 0 Å². The summed E-state index contributed by atoms with van der Waals surface area (Å²) in [6, 6.07) is 0. The van der Waals surface area contributed by atoms with Gasteiger partial charge in [0.05, 0.1) is 0 Å². The largest absolute Gasteiger partial charge is 0.379 e. The normalized spacial score (nSPS) is 9.91. The lowest BCUT2D eigenvalue weighted by molar-refractivity contribution is 0.659. The fraction of sp³-hybridized carbons (Fsp3) is 0.875. The van der Waals surface area contributed by atoms with Crippen molar-refractivity contribution in [1.82, 2.24) is 0 Å². The molecule has 11 heavy (non-hydrogen) atoms. The molecule has 0 radical (unpaired) electrons. The van der Waals surface area contributed by atoms with Crippen LogP contribution in [0.1, 0.15) is 39.0 Å². The van der Waals surface area contributed by atoms with E-state index in [9.17, 15) is 0 Å². The van der Waals surface area contributed by atoms with Gasteiger partial charge < -0.3 is 5.73 Å². The molecule has 0 aromatic carbocycles. The maximum Gasteiger partial charge on any atom is 0.151 e. The van der Waals surface area contributed by atoms with E-state index in [4.69, 9.17) is 11.1 Å². The van der Waals surface area contributed by atoms with Crippen molar-refractivity contribution in [2.24, 2.45) is 5.73 Å². The zero-order valence-corrected chi connectivity index (χ0v) is 8.04. The van der Waals surface area contributed by atoms with Gasteiger partial charge in [-0.1, -0.05) is 44.4 Å². The van der Waals surface area contributed by atoms with E-state index in [-0.39, 0.29) is 5.17 Å². The molecule has 0 unspecified atom stereocenters. The third kappa shape index (κ3) is 9.82. The first kappa shape index (κ1) is 10.8. The Bertz CT molecular complexity index is 104. The number of nitrogens with two attached hydrogens (primary N) is 1. The van der Waals surface area contributed by atoms with Gasteiger partial charge in [-0.05, 0) is 6.42 Å². The van der Waals surface area contributed by atoms with E-state index in [1.807, 2.05) is 0 Å². The Morgan fingerprint density at radius 2 is 1.91 bits per heavy atom. The Hall–Kier alpha value is -0.180. The van der Waals surface area contributed by atoms with Gasteiger partial charge in [0.25, 0.3) is 0 Å². The topological polar surface area (TPSA) is 49.9 Å². The third-order valence-corrected chi connectivity index (χ3v) is 2.31. The van der Waals surface area contributed by atoms with Crippen molar-refractivity contribution in [3.05, 3.63) is 0 Å². The summed E-state index contributed by atoms with van der Waals surface area (Å²) in [5, 5.41) is 7.20. The molecule has 2 nitrogen and oxygen atoms in total. The van der Waals surface area contributed by atoms with E-state index in [2.05, 4.69) is 6.92 Å². The predicted octanol–water partition coefficient (Wildman–Crippen LogP) is 2.58. The van der Waals surface area contributed by atoms with Crippen LogP contribution in [0.5, 0.6) is 0 Å². The van der Waals surface area contributed by atoms with Crippen LogP contribution >= 0.6 is 11.8 Å². The number of unbranched alkanes of at least 4 members (excludes halogenated alkanes) is 4. The van der Waals surface area contributed by atoms with Gasteiger partial charge >= 0.3 is 0 Å². The van der Waals surface area contributed by atoms with Crippen LogP contribution in [0.3, 0.4) is 0 Å². The Morgan fingerprint density at radius 3 is 2.45 bits per heavy atom. The summed E-state index contributed by atoms with van der Waals surface area (Å²) in [5.41, 5.74) is 5.18. The minimum Gasteiger partial charge on any atom is -0.379 e. The number of rotatable bonds is 6. The quantitative estimate of drug-likeness (QED) is 0.369. The lowest BCUT2D eigenvalue weighted by atomic mass is 10.2. The predicted molar refractivity (Wildman–Crippen MR) is 53.1 cm³/mol. The third-order valence-electron chi connectivity index (χ3n) is 1.51. The van der Waals surface area contributed by atoms with Crippen LogP contribution in [0.15, 0.2) is 0 Å². The van der Waals surface area contributed by atoms with E-state index >= 15 is 0 Å². The van der Waals surface area contributed by atoms with E-state index < -0.39 is 0 Å². The molecular weight excluding hydrogens is 156 g/mol. The first-order chi connectivity index (χ1) is 5.27. The Morgan fingerprint density at radius 1 is 1.27 bits per heavy atom. The molecular formula is C8H18N2S. The van der Waals surface area contributed by atoms with E-state index in [1.165, 1.54) is 43.9 Å². The zero-order chi connectivity index (χ0) is 8.53. The highest BCUT2D eigenvalue weighted by Crippen LogP contribution is 2.07. The average molecular weight is 174 g/mol. The summed E-state index contributed by atoms with van der Waals surface area (Å²) in [7, 11) is 0. The summed E-state index contributed by atoms with van der Waals surface area (Å²) in [5.74, 6) is 1.01. The lowest BCUT2D eigenvalue weighted by Crippen LogP contribution is -2.04. The number of nitrogens with one attached hydrogen (secondary N) is 1. The lowest BCUT2D eigenvalue weighted by Gasteiger charge is -1.98. The van der Waals surface area contributed by atoms with Gasteiger partial charge in [-0.25, -0.2) is 0 Å². The molecule has 0 atom stereocenters. The van der Waals surface area contributed by atoms with Gasteiger partial charge in [0, 0.05) is 5.75 Å². The van der Waals surface area contributed by atoms with Gasteiger partial charge in [0.2, 0.25) is 0 Å². The van der Waals surface area contributed by atoms with Crippen LogP contribution in [0, 0.1) is 5.41 Å². The van der Waals surface area contributed by atoms with Crippen molar-refractivity contribution in [2.45, 2.75) is 39.0 Å². The summed E-state index contributed by atoms with van der Waals surface area (Å²) >= 11 is 1.45. The summed E-state index contributed by atoms with van der Waals surface area (Å²) in [6.07, 6.45) is 6.44. The van der Waals surface area contributed by atoms with Crippen LogP contribution < -0.4 is 5.73 Å². The maximum absolute atomic E-state index is 6.95. The smallest absolute Gasteiger partial charge is 0.151 e. The molecule has 0 aliphatic rings. The van der Waals surface area contributed by atoms with Crippen molar-refractivity contribution < 1.29 is 0 Å². The molecule has 0 amide bonds. The molecule has 66 valence electrons. The van der Waals surface area contributed by atoms with Gasteiger partial charge in [-0.2, -0.15) is 0 Å². The van der Waals surface area contributed by atoms with Crippen LogP contribution in [0.2, 0.25) is 0 Å². The minimum atomic E-state index is 0.250. The first-order valence-electron chi connectivity index (χ1n) is 4.24. The summed E-state index contributed by atoms with van der Waals surface area (Å²) in [4.78, 5) is 0. The average Bonchev–Trinajstić information content (AvgIpc) is 1.96. The fourth-order valence-corrected chi connectivity index (χ4v) is 1.46. The minimum absolute atomic E-state index is 0.250. The summed E-state index contributed by atoms with van der Waals surface area (Å²) < 4.78 is 0. The maximum atomic E-state index is 6.95. The monoisotopic (exact) mass is 174 g/mol. The van der Waals surface area contributed by atoms with Crippen LogP contribution in [-0.2, 0) is 0 Å². The number of amidine groups is 1. The second-order valence-corrected chi connectivity index (χ2v) is 3.76. The molecule has 0 aromatic heterocycles. The van der Waals surface area contributed by atoms with Gasteiger partial charge in [0.15, 0.2) is 5.17 Å². The molecule has 0 aliphatic carbocycles. The molecule has 0 fully saturated rings. The second-order valence-electron chi connectivity index (χ2n) is 2.63. The highest BCUT2D eigenvalue weighted by Gasteiger charge is 1.91. The molecule has 0 aromatic rings. The van der Waals surface area contributed by atoms with Crippen molar-refractivity contribution in [3.8, 4) is 0 Å². The molecule has 0 saturated carbocycles. The van der Waals surface area contributed by atoms with E-state index in [0.717, 1.165) is 5.75 Å². The first-order valence-corrected chi connectivity index (χ1v) is 5.22. The molecule has 0 bridgehead atoms. The summed E-state index contributed by atoms with van der Waals surface area (Å²) in [6.45, 7) is 2.21. The highest BCUT2D eigenvalue weighted by molar-refractivity contribution is 8.13. The molecule has 3 heteroatoms. The standard InChI is InChI=1S/C8H18N2S/c1-2-3-4-5-6-7-11-8(9)10/h2-7H2,1H3,(H3,9,10). The van der Waals surface area contributed by atoms with Crippen molar-refractivity contribution in [3.63, 3.8) is 0 Å². The number of hydrogen-bond donors (Lipinski definition) is 2. The van der Waals surface area contributed by atoms with E-state index in [0.29, 0.717) is 0 Å². The van der Waals surface area contributed by atoms with E-state index in [1.54, 1.807) is 0 Å². The second kappa shape index (κ2) is 7.92. The molecule has 0 saturated heterocycles. The Kier molecular flexibility index (Phi) is 7.79. The number of hydrogen-bond acceptors (Lipinski definition) is 2. The fourth-order valence-electron chi connectivity index (χ4n) is 0.888. The van der Waals surface area contributed by atoms with Crippen molar-refractivity contribution in [1.29, 1.82) is 5.41 Å². The van der Waals surface area contributed by atoms with Crippen LogP contribution in [-0.4, -0.2) is 10.9 Å². The Balaban J connectivity index is 2.85. The van der Waals surface area contributed by atoms with Crippen molar-refractivity contribution in [2.75, 3.05) is 5.75 Å². The van der Waals surface area contributed by atoms with Crippen molar-refractivity contribution >= 4 is 16.9 Å². The molecule has 0 rings (SSSR count). The SMILES string of the molecule is CCCCCCCSC(=N)N. The van der Waals surface area contributed by atoms with Gasteiger partial charge in [-0.3, -0.25) is 5.41 Å². The molecule has 0 aliphatic heterocycles. The molecule has 0 heterocycles.